The quantitative estimate of drug-likeness (QED) is 0.930. The highest BCUT2D eigenvalue weighted by atomic mass is 79.9. The zero-order valence-electron chi connectivity index (χ0n) is 12.0. The Hall–Kier alpha value is -1.13. The molecular weight excluding hydrogens is 314 g/mol. The highest BCUT2D eigenvalue weighted by molar-refractivity contribution is 9.10. The molecule has 20 heavy (non-hydrogen) atoms. The van der Waals surface area contributed by atoms with Crippen molar-refractivity contribution in [3.8, 4) is 11.1 Å². The molecule has 0 amide bonds. The number of nitrogens with zero attached hydrogens (tertiary/aromatic N) is 2. The first-order valence-electron chi connectivity index (χ1n) is 7.16. The maximum atomic E-state index is 4.76. The molecule has 1 saturated heterocycles. The largest absolute Gasteiger partial charge is 0.316 e. The van der Waals surface area contributed by atoms with Crippen LogP contribution in [0.2, 0.25) is 0 Å². The molecule has 2 aromatic rings. The summed E-state index contributed by atoms with van der Waals surface area (Å²) in [5.41, 5.74) is 4.88. The van der Waals surface area contributed by atoms with Gasteiger partial charge in [-0.2, -0.15) is 5.10 Å². The van der Waals surface area contributed by atoms with E-state index in [2.05, 4.69) is 58.0 Å². The predicted octanol–water partition coefficient (Wildman–Crippen LogP) is 3.54. The molecule has 1 aromatic heterocycles. The Morgan fingerprint density at radius 3 is 2.85 bits per heavy atom. The van der Waals surface area contributed by atoms with Crippen LogP contribution in [0.5, 0.6) is 0 Å². The standard InChI is InChI=1S/C16H20BrN3/c1-11-16(14-5-3-4-6-15(14)17)12(2)20(19-11)10-13-7-8-18-9-13/h3-6,13,18H,7-10H2,1-2H3. The van der Waals surface area contributed by atoms with E-state index in [0.29, 0.717) is 5.92 Å². The average Bonchev–Trinajstić information content (AvgIpc) is 3.01. The van der Waals surface area contributed by atoms with Crippen LogP contribution in [0.3, 0.4) is 0 Å². The highest BCUT2D eigenvalue weighted by Crippen LogP contribution is 2.33. The lowest BCUT2D eigenvalue weighted by Crippen LogP contribution is -2.16. The fraction of sp³-hybridized carbons (Fsp3) is 0.438. The third-order valence-corrected chi connectivity index (χ3v) is 4.81. The van der Waals surface area contributed by atoms with Crippen LogP contribution in [-0.4, -0.2) is 22.9 Å². The van der Waals surface area contributed by atoms with E-state index in [1.165, 1.54) is 23.2 Å². The van der Waals surface area contributed by atoms with E-state index < -0.39 is 0 Å². The number of rotatable bonds is 3. The van der Waals surface area contributed by atoms with Gasteiger partial charge < -0.3 is 5.32 Å². The van der Waals surface area contributed by atoms with E-state index in [9.17, 15) is 0 Å². The minimum absolute atomic E-state index is 0.708. The predicted molar refractivity (Wildman–Crippen MR) is 85.8 cm³/mol. The maximum Gasteiger partial charge on any atom is 0.0675 e. The Balaban J connectivity index is 1.96. The average molecular weight is 334 g/mol. The summed E-state index contributed by atoms with van der Waals surface area (Å²) in [6.07, 6.45) is 1.25. The van der Waals surface area contributed by atoms with Gasteiger partial charge in [-0.15, -0.1) is 0 Å². The molecule has 1 N–H and O–H groups in total. The van der Waals surface area contributed by atoms with E-state index in [0.717, 1.165) is 29.8 Å². The van der Waals surface area contributed by atoms with Crippen LogP contribution < -0.4 is 5.32 Å². The molecule has 0 bridgehead atoms. The lowest BCUT2D eigenvalue weighted by atomic mass is 10.0. The van der Waals surface area contributed by atoms with Gasteiger partial charge in [0.05, 0.1) is 5.69 Å². The van der Waals surface area contributed by atoms with Crippen LogP contribution in [0.15, 0.2) is 28.7 Å². The van der Waals surface area contributed by atoms with Crippen molar-refractivity contribution in [2.24, 2.45) is 5.92 Å². The first-order valence-corrected chi connectivity index (χ1v) is 7.95. The van der Waals surface area contributed by atoms with E-state index in [4.69, 9.17) is 5.10 Å². The van der Waals surface area contributed by atoms with Crippen molar-refractivity contribution in [2.45, 2.75) is 26.8 Å². The molecule has 4 heteroatoms. The normalized spacial score (nSPS) is 18.6. The summed E-state index contributed by atoms with van der Waals surface area (Å²) in [7, 11) is 0. The molecule has 106 valence electrons. The number of hydrogen-bond acceptors (Lipinski definition) is 2. The van der Waals surface area contributed by atoms with Gasteiger partial charge in [0, 0.05) is 22.3 Å². The lowest BCUT2D eigenvalue weighted by Gasteiger charge is -2.11. The summed E-state index contributed by atoms with van der Waals surface area (Å²) in [6, 6.07) is 8.37. The van der Waals surface area contributed by atoms with E-state index >= 15 is 0 Å². The Bertz CT molecular complexity index is 612. The van der Waals surface area contributed by atoms with Gasteiger partial charge in [0.15, 0.2) is 0 Å². The smallest absolute Gasteiger partial charge is 0.0675 e. The van der Waals surface area contributed by atoms with Crippen molar-refractivity contribution in [2.75, 3.05) is 13.1 Å². The first kappa shape index (κ1) is 13.8. The van der Waals surface area contributed by atoms with Crippen molar-refractivity contribution in [3.63, 3.8) is 0 Å². The van der Waals surface area contributed by atoms with E-state index in [-0.39, 0.29) is 0 Å². The zero-order chi connectivity index (χ0) is 14.1. The minimum atomic E-state index is 0.708. The SMILES string of the molecule is Cc1nn(CC2CCNC2)c(C)c1-c1ccccc1Br. The summed E-state index contributed by atoms with van der Waals surface area (Å²) in [4.78, 5) is 0. The summed E-state index contributed by atoms with van der Waals surface area (Å²) < 4.78 is 3.31. The van der Waals surface area contributed by atoms with Crippen molar-refractivity contribution in [1.29, 1.82) is 0 Å². The fourth-order valence-corrected chi connectivity index (χ4v) is 3.53. The third-order valence-electron chi connectivity index (χ3n) is 4.12. The van der Waals surface area contributed by atoms with Gasteiger partial charge in [0.2, 0.25) is 0 Å². The maximum absolute atomic E-state index is 4.76. The molecule has 0 aliphatic carbocycles. The summed E-state index contributed by atoms with van der Waals surface area (Å²) in [5, 5.41) is 8.18. The fourth-order valence-electron chi connectivity index (χ4n) is 3.04. The van der Waals surface area contributed by atoms with Gasteiger partial charge in [-0.3, -0.25) is 4.68 Å². The molecule has 1 unspecified atom stereocenters. The molecule has 0 saturated carbocycles. The Morgan fingerprint density at radius 1 is 1.35 bits per heavy atom. The van der Waals surface area contributed by atoms with Crippen molar-refractivity contribution < 1.29 is 0 Å². The van der Waals surface area contributed by atoms with Gasteiger partial charge in [-0.1, -0.05) is 34.1 Å². The molecule has 1 atom stereocenters. The number of hydrogen-bond donors (Lipinski definition) is 1. The van der Waals surface area contributed by atoms with Crippen molar-refractivity contribution in [1.82, 2.24) is 15.1 Å². The van der Waals surface area contributed by atoms with Crippen LogP contribution in [0.25, 0.3) is 11.1 Å². The number of benzene rings is 1. The van der Waals surface area contributed by atoms with Crippen LogP contribution in [0.4, 0.5) is 0 Å². The number of aryl methyl sites for hydroxylation is 1. The number of halogens is 1. The second-order valence-electron chi connectivity index (χ2n) is 5.57. The summed E-state index contributed by atoms with van der Waals surface area (Å²) >= 11 is 3.65. The lowest BCUT2D eigenvalue weighted by molar-refractivity contribution is 0.441. The van der Waals surface area contributed by atoms with E-state index in [1.54, 1.807) is 0 Å². The van der Waals surface area contributed by atoms with Crippen molar-refractivity contribution >= 4 is 15.9 Å². The number of nitrogens with one attached hydrogen (secondary N) is 1. The monoisotopic (exact) mass is 333 g/mol. The molecule has 0 radical (unpaired) electrons. The second-order valence-corrected chi connectivity index (χ2v) is 6.42. The molecule has 1 fully saturated rings. The highest BCUT2D eigenvalue weighted by Gasteiger charge is 2.20. The number of aromatic nitrogens is 2. The van der Waals surface area contributed by atoms with Crippen LogP contribution in [0.1, 0.15) is 17.8 Å². The molecule has 1 aromatic carbocycles. The van der Waals surface area contributed by atoms with Gasteiger partial charge in [0.25, 0.3) is 0 Å². The van der Waals surface area contributed by atoms with Gasteiger partial charge in [0.1, 0.15) is 0 Å². The molecule has 0 spiro atoms. The van der Waals surface area contributed by atoms with Gasteiger partial charge >= 0.3 is 0 Å². The molecule has 2 heterocycles. The minimum Gasteiger partial charge on any atom is -0.316 e. The molecule has 3 nitrogen and oxygen atoms in total. The molecule has 3 rings (SSSR count). The van der Waals surface area contributed by atoms with Gasteiger partial charge in [-0.05, 0) is 50.9 Å². The summed E-state index contributed by atoms with van der Waals surface area (Å²) in [6.45, 7) is 7.55. The second kappa shape index (κ2) is 5.70. The summed E-state index contributed by atoms with van der Waals surface area (Å²) in [5.74, 6) is 0.708. The molecule has 1 aliphatic rings. The zero-order valence-corrected chi connectivity index (χ0v) is 13.6. The first-order chi connectivity index (χ1) is 9.66. The molecule has 1 aliphatic heterocycles. The van der Waals surface area contributed by atoms with Crippen LogP contribution in [0, 0.1) is 19.8 Å². The topological polar surface area (TPSA) is 29.9 Å². The Labute approximate surface area is 128 Å². The molecular formula is C16H20BrN3. The van der Waals surface area contributed by atoms with Crippen LogP contribution >= 0.6 is 15.9 Å². The van der Waals surface area contributed by atoms with E-state index in [1.807, 2.05) is 6.07 Å². The van der Waals surface area contributed by atoms with Crippen molar-refractivity contribution in [3.05, 3.63) is 40.1 Å². The van der Waals surface area contributed by atoms with Crippen LogP contribution in [-0.2, 0) is 6.54 Å². The Morgan fingerprint density at radius 2 is 2.15 bits per heavy atom. The third kappa shape index (κ3) is 2.54. The van der Waals surface area contributed by atoms with Gasteiger partial charge in [-0.25, -0.2) is 0 Å². The Kier molecular flexibility index (Phi) is 3.94.